The average molecular weight is 177 g/mol. The van der Waals surface area contributed by atoms with E-state index in [0.717, 1.165) is 5.69 Å². The first kappa shape index (κ1) is 8.60. The lowest BCUT2D eigenvalue weighted by Crippen LogP contribution is -2.18. The molecule has 0 N–H and O–H groups in total. The van der Waals surface area contributed by atoms with Gasteiger partial charge in [0.2, 0.25) is 0 Å². The molecule has 1 aliphatic rings. The van der Waals surface area contributed by atoms with Crippen LogP contribution in [0.1, 0.15) is 50.9 Å². The van der Waals surface area contributed by atoms with Gasteiger partial charge < -0.3 is 0 Å². The fourth-order valence-corrected chi connectivity index (χ4v) is 1.47. The summed E-state index contributed by atoms with van der Waals surface area (Å²) in [7, 11) is 0. The molecule has 3 heteroatoms. The van der Waals surface area contributed by atoms with Crippen molar-refractivity contribution in [2.24, 2.45) is 0 Å². The molecular weight excluding hydrogens is 162 g/mol. The van der Waals surface area contributed by atoms with Crippen LogP contribution in [-0.4, -0.2) is 15.2 Å². The van der Waals surface area contributed by atoms with Crippen LogP contribution in [-0.2, 0) is 5.41 Å². The van der Waals surface area contributed by atoms with Gasteiger partial charge in [0.25, 0.3) is 0 Å². The summed E-state index contributed by atoms with van der Waals surface area (Å²) in [5.41, 5.74) is 2.30. The van der Waals surface area contributed by atoms with E-state index in [9.17, 15) is 0 Å². The summed E-state index contributed by atoms with van der Waals surface area (Å²) in [4.78, 5) is 4.33. The summed E-state index contributed by atoms with van der Waals surface area (Å²) in [5, 5.41) is 8.06. The molecule has 1 heterocycles. The van der Waals surface area contributed by atoms with E-state index >= 15 is 0 Å². The summed E-state index contributed by atoms with van der Waals surface area (Å²) >= 11 is 0. The van der Waals surface area contributed by atoms with Crippen LogP contribution in [0.25, 0.3) is 0 Å². The lowest BCUT2D eigenvalue weighted by atomic mass is 9.89. The van der Waals surface area contributed by atoms with Gasteiger partial charge in [-0.3, -0.25) is 0 Å². The molecule has 13 heavy (non-hydrogen) atoms. The minimum atomic E-state index is 0.0686. The molecule has 70 valence electrons. The second-order valence-electron chi connectivity index (χ2n) is 4.72. The highest BCUT2D eigenvalue weighted by molar-refractivity contribution is 5.24. The largest absolute Gasteiger partial charge is 0.237 e. The number of aromatic nitrogens is 3. The van der Waals surface area contributed by atoms with Crippen LogP contribution in [0.5, 0.6) is 0 Å². The maximum atomic E-state index is 4.33. The lowest BCUT2D eigenvalue weighted by Gasteiger charge is -2.19. The Balaban J connectivity index is 2.43. The maximum Gasteiger partial charge on any atom is 0.138 e. The standard InChI is InChI=1S/C10H15N3/c1-10(2,3)9-8(7-4-5-7)11-6-12-13-9/h6-7H,4-5H2,1-3H3. The third-order valence-corrected chi connectivity index (χ3v) is 2.32. The fraction of sp³-hybridized carbons (Fsp3) is 0.700. The summed E-state index contributed by atoms with van der Waals surface area (Å²) < 4.78 is 0. The van der Waals surface area contributed by atoms with E-state index in [0.29, 0.717) is 5.92 Å². The van der Waals surface area contributed by atoms with Gasteiger partial charge in [-0.15, -0.1) is 5.10 Å². The number of hydrogen-bond acceptors (Lipinski definition) is 3. The van der Waals surface area contributed by atoms with Crippen LogP contribution in [0.2, 0.25) is 0 Å². The van der Waals surface area contributed by atoms with Crippen molar-refractivity contribution in [3.63, 3.8) is 0 Å². The van der Waals surface area contributed by atoms with Gasteiger partial charge in [-0.05, 0) is 12.8 Å². The van der Waals surface area contributed by atoms with Crippen molar-refractivity contribution in [2.75, 3.05) is 0 Å². The second-order valence-corrected chi connectivity index (χ2v) is 4.72. The minimum absolute atomic E-state index is 0.0686. The molecule has 0 aliphatic heterocycles. The molecule has 2 rings (SSSR count). The third kappa shape index (κ3) is 1.69. The molecule has 0 amide bonds. The topological polar surface area (TPSA) is 38.7 Å². The first-order valence-electron chi connectivity index (χ1n) is 4.77. The molecular formula is C10H15N3. The van der Waals surface area contributed by atoms with Crippen LogP contribution in [0.15, 0.2) is 6.33 Å². The van der Waals surface area contributed by atoms with Crippen molar-refractivity contribution in [3.8, 4) is 0 Å². The van der Waals surface area contributed by atoms with Gasteiger partial charge in [-0.1, -0.05) is 20.8 Å². The van der Waals surface area contributed by atoms with E-state index in [2.05, 4.69) is 36.0 Å². The number of nitrogens with zero attached hydrogens (tertiary/aromatic N) is 3. The van der Waals surface area contributed by atoms with Gasteiger partial charge in [0.05, 0.1) is 11.4 Å². The van der Waals surface area contributed by atoms with Crippen LogP contribution in [0.4, 0.5) is 0 Å². The summed E-state index contributed by atoms with van der Waals surface area (Å²) in [6.07, 6.45) is 4.09. The molecule has 0 saturated heterocycles. The first-order chi connectivity index (χ1) is 6.09. The van der Waals surface area contributed by atoms with E-state index in [-0.39, 0.29) is 5.41 Å². The van der Waals surface area contributed by atoms with Crippen molar-refractivity contribution in [2.45, 2.75) is 44.9 Å². The average Bonchev–Trinajstić information content (AvgIpc) is 2.85. The molecule has 0 unspecified atom stereocenters. The van der Waals surface area contributed by atoms with Crippen molar-refractivity contribution >= 4 is 0 Å². The molecule has 0 atom stereocenters. The Morgan fingerprint density at radius 2 is 2.00 bits per heavy atom. The van der Waals surface area contributed by atoms with Gasteiger partial charge in [-0.25, -0.2) is 4.98 Å². The summed E-state index contributed by atoms with van der Waals surface area (Å²) in [6.45, 7) is 6.47. The fourth-order valence-electron chi connectivity index (χ4n) is 1.47. The molecule has 0 spiro atoms. The van der Waals surface area contributed by atoms with Crippen LogP contribution >= 0.6 is 0 Å². The van der Waals surface area contributed by atoms with E-state index in [4.69, 9.17) is 0 Å². The zero-order chi connectivity index (χ0) is 9.47. The SMILES string of the molecule is CC(C)(C)c1nncnc1C1CC1. The normalized spacial score (nSPS) is 17.5. The van der Waals surface area contributed by atoms with E-state index < -0.39 is 0 Å². The van der Waals surface area contributed by atoms with E-state index in [1.54, 1.807) is 6.33 Å². The van der Waals surface area contributed by atoms with Gasteiger partial charge in [0.1, 0.15) is 6.33 Å². The Kier molecular flexibility index (Phi) is 1.82. The number of rotatable bonds is 1. The zero-order valence-electron chi connectivity index (χ0n) is 8.41. The van der Waals surface area contributed by atoms with Crippen molar-refractivity contribution < 1.29 is 0 Å². The molecule has 3 nitrogen and oxygen atoms in total. The summed E-state index contributed by atoms with van der Waals surface area (Å²) in [6, 6.07) is 0. The molecule has 0 radical (unpaired) electrons. The van der Waals surface area contributed by atoms with Crippen LogP contribution in [0.3, 0.4) is 0 Å². The molecule has 1 saturated carbocycles. The molecule has 0 bridgehead atoms. The van der Waals surface area contributed by atoms with Gasteiger partial charge in [0.15, 0.2) is 0 Å². The Bertz CT molecular complexity index is 310. The van der Waals surface area contributed by atoms with Crippen LogP contribution < -0.4 is 0 Å². The van der Waals surface area contributed by atoms with Crippen molar-refractivity contribution in [3.05, 3.63) is 17.7 Å². The smallest absolute Gasteiger partial charge is 0.138 e. The predicted molar refractivity (Wildman–Crippen MR) is 50.5 cm³/mol. The Morgan fingerprint density at radius 1 is 1.31 bits per heavy atom. The highest BCUT2D eigenvalue weighted by Gasteiger charge is 2.32. The summed E-state index contributed by atoms with van der Waals surface area (Å²) in [5.74, 6) is 0.657. The maximum absolute atomic E-state index is 4.33. The first-order valence-corrected chi connectivity index (χ1v) is 4.77. The quantitative estimate of drug-likeness (QED) is 0.659. The molecule has 1 fully saturated rings. The monoisotopic (exact) mass is 177 g/mol. The predicted octanol–water partition coefficient (Wildman–Crippen LogP) is 2.05. The Hall–Kier alpha value is -0.990. The zero-order valence-corrected chi connectivity index (χ0v) is 8.41. The van der Waals surface area contributed by atoms with E-state index in [1.807, 2.05) is 0 Å². The van der Waals surface area contributed by atoms with Gasteiger partial charge >= 0.3 is 0 Å². The van der Waals surface area contributed by atoms with Gasteiger partial charge in [-0.2, -0.15) is 5.10 Å². The highest BCUT2D eigenvalue weighted by Crippen LogP contribution is 2.42. The Morgan fingerprint density at radius 3 is 2.54 bits per heavy atom. The molecule has 1 aromatic rings. The second kappa shape index (κ2) is 2.76. The number of hydrogen-bond donors (Lipinski definition) is 0. The molecule has 1 aromatic heterocycles. The van der Waals surface area contributed by atoms with Gasteiger partial charge in [0, 0.05) is 11.3 Å². The minimum Gasteiger partial charge on any atom is -0.237 e. The van der Waals surface area contributed by atoms with Crippen LogP contribution in [0, 0.1) is 0 Å². The lowest BCUT2D eigenvalue weighted by molar-refractivity contribution is 0.542. The highest BCUT2D eigenvalue weighted by atomic mass is 15.1. The Labute approximate surface area is 78.6 Å². The molecule has 1 aliphatic carbocycles. The van der Waals surface area contributed by atoms with E-state index in [1.165, 1.54) is 18.5 Å². The molecule has 0 aromatic carbocycles. The van der Waals surface area contributed by atoms with Crippen molar-refractivity contribution in [1.82, 2.24) is 15.2 Å². The third-order valence-electron chi connectivity index (χ3n) is 2.32. The van der Waals surface area contributed by atoms with Crippen molar-refractivity contribution in [1.29, 1.82) is 0 Å².